The summed E-state index contributed by atoms with van der Waals surface area (Å²) in [6, 6.07) is 9.90. The second-order valence-electron chi connectivity index (χ2n) is 5.94. The zero-order chi connectivity index (χ0) is 18.1. The van der Waals surface area contributed by atoms with E-state index < -0.39 is 10.8 Å². The van der Waals surface area contributed by atoms with Crippen molar-refractivity contribution in [3.63, 3.8) is 0 Å². The van der Waals surface area contributed by atoms with Crippen LogP contribution < -0.4 is 9.80 Å². The highest BCUT2D eigenvalue weighted by molar-refractivity contribution is 7.85. The summed E-state index contributed by atoms with van der Waals surface area (Å²) in [6.45, 7) is 1.31. The Balaban J connectivity index is 1.83. The van der Waals surface area contributed by atoms with E-state index >= 15 is 0 Å². The van der Waals surface area contributed by atoms with Crippen LogP contribution in [0.5, 0.6) is 0 Å². The van der Waals surface area contributed by atoms with Gasteiger partial charge in [0.1, 0.15) is 17.4 Å². The van der Waals surface area contributed by atoms with Crippen molar-refractivity contribution in [2.75, 3.05) is 41.4 Å². The molecule has 134 valence electrons. The number of nitrogens with zero attached hydrogens (tertiary/aromatic N) is 6. The fourth-order valence-electron chi connectivity index (χ4n) is 2.98. The summed E-state index contributed by atoms with van der Waals surface area (Å²) in [4.78, 5) is 21.6. The van der Waals surface area contributed by atoms with Crippen LogP contribution in [0.1, 0.15) is 0 Å². The van der Waals surface area contributed by atoms with E-state index in [4.69, 9.17) is 11.6 Å². The lowest BCUT2D eigenvalue weighted by Crippen LogP contribution is -2.38. The van der Waals surface area contributed by atoms with E-state index in [0.717, 1.165) is 5.69 Å². The van der Waals surface area contributed by atoms with Crippen molar-refractivity contribution in [1.29, 1.82) is 0 Å². The molecule has 1 fully saturated rings. The summed E-state index contributed by atoms with van der Waals surface area (Å²) in [5, 5.41) is 0.150. The maximum atomic E-state index is 11.7. The lowest BCUT2D eigenvalue weighted by atomic mass is 10.2. The van der Waals surface area contributed by atoms with Gasteiger partial charge in [-0.05, 0) is 23.7 Å². The van der Waals surface area contributed by atoms with Crippen molar-refractivity contribution in [1.82, 2.24) is 19.9 Å². The SMILES string of the molecule is CN(c1ccccc1)c1ncnc2c(N3CCS(=O)CC3)nc(Cl)nc12. The number of benzene rings is 1. The van der Waals surface area contributed by atoms with Crippen LogP contribution >= 0.6 is 11.6 Å². The first-order valence-corrected chi connectivity index (χ1v) is 10.1. The average molecular weight is 389 g/mol. The number of fused-ring (bicyclic) bond motifs is 1. The van der Waals surface area contributed by atoms with Crippen LogP contribution in [0, 0.1) is 0 Å². The molecule has 0 atom stereocenters. The molecule has 4 rings (SSSR count). The van der Waals surface area contributed by atoms with E-state index in [0.29, 0.717) is 47.3 Å². The van der Waals surface area contributed by atoms with Gasteiger partial charge >= 0.3 is 0 Å². The highest BCUT2D eigenvalue weighted by atomic mass is 35.5. The van der Waals surface area contributed by atoms with Crippen LogP contribution in [0.4, 0.5) is 17.3 Å². The quantitative estimate of drug-likeness (QED) is 0.638. The molecular formula is C17H17ClN6OS. The Kier molecular flexibility index (Phi) is 4.69. The van der Waals surface area contributed by atoms with Gasteiger partial charge in [0.15, 0.2) is 11.6 Å². The molecule has 0 unspecified atom stereocenters. The van der Waals surface area contributed by atoms with Gasteiger partial charge in [0, 0.05) is 48.1 Å². The summed E-state index contributed by atoms with van der Waals surface area (Å²) < 4.78 is 11.7. The average Bonchev–Trinajstić information content (AvgIpc) is 2.68. The zero-order valence-electron chi connectivity index (χ0n) is 14.2. The molecule has 0 radical (unpaired) electrons. The van der Waals surface area contributed by atoms with Crippen LogP contribution in [-0.2, 0) is 10.8 Å². The third-order valence-electron chi connectivity index (χ3n) is 4.36. The Morgan fingerprint density at radius 1 is 1.08 bits per heavy atom. The molecule has 0 spiro atoms. The molecule has 1 aromatic carbocycles. The maximum absolute atomic E-state index is 11.7. The Hall–Kier alpha value is -2.32. The molecule has 1 saturated heterocycles. The minimum Gasteiger partial charge on any atom is -0.353 e. The van der Waals surface area contributed by atoms with Gasteiger partial charge in [0.25, 0.3) is 0 Å². The van der Waals surface area contributed by atoms with Gasteiger partial charge in [-0.3, -0.25) is 4.21 Å². The maximum Gasteiger partial charge on any atom is 0.225 e. The van der Waals surface area contributed by atoms with Crippen LogP contribution in [-0.4, -0.2) is 55.8 Å². The molecule has 0 N–H and O–H groups in total. The molecule has 26 heavy (non-hydrogen) atoms. The predicted octanol–water partition coefficient (Wildman–Crippen LogP) is 2.41. The van der Waals surface area contributed by atoms with Crippen LogP contribution in [0.15, 0.2) is 36.7 Å². The van der Waals surface area contributed by atoms with E-state index in [1.54, 1.807) is 0 Å². The molecule has 1 aliphatic heterocycles. The first-order chi connectivity index (χ1) is 12.6. The fourth-order valence-corrected chi connectivity index (χ4v) is 4.20. The Labute approximate surface area is 158 Å². The van der Waals surface area contributed by atoms with E-state index in [1.165, 1.54) is 6.33 Å². The Bertz CT molecular complexity index is 960. The molecule has 3 heterocycles. The van der Waals surface area contributed by atoms with Crippen LogP contribution in [0.2, 0.25) is 5.28 Å². The lowest BCUT2D eigenvalue weighted by molar-refractivity contribution is 0.672. The molecule has 9 heteroatoms. The first kappa shape index (κ1) is 17.1. The van der Waals surface area contributed by atoms with Gasteiger partial charge < -0.3 is 9.80 Å². The third-order valence-corrected chi connectivity index (χ3v) is 5.80. The highest BCUT2D eigenvalue weighted by Crippen LogP contribution is 2.31. The van der Waals surface area contributed by atoms with E-state index in [1.807, 2.05) is 42.3 Å². The fraction of sp³-hybridized carbons (Fsp3) is 0.294. The molecule has 0 saturated carbocycles. The minimum atomic E-state index is -0.769. The molecular weight excluding hydrogens is 372 g/mol. The van der Waals surface area contributed by atoms with E-state index in [2.05, 4.69) is 24.8 Å². The number of rotatable bonds is 3. The number of hydrogen-bond acceptors (Lipinski definition) is 7. The van der Waals surface area contributed by atoms with Crippen LogP contribution in [0.25, 0.3) is 11.0 Å². The minimum absolute atomic E-state index is 0.150. The van der Waals surface area contributed by atoms with Crippen molar-refractivity contribution in [3.05, 3.63) is 41.9 Å². The normalized spacial score (nSPS) is 15.4. The van der Waals surface area contributed by atoms with E-state index in [-0.39, 0.29) is 5.28 Å². The van der Waals surface area contributed by atoms with Gasteiger partial charge in [-0.25, -0.2) is 15.0 Å². The molecule has 0 bridgehead atoms. The Morgan fingerprint density at radius 2 is 1.81 bits per heavy atom. The first-order valence-electron chi connectivity index (χ1n) is 8.20. The third kappa shape index (κ3) is 3.22. The van der Waals surface area contributed by atoms with Gasteiger partial charge in [-0.15, -0.1) is 0 Å². The molecule has 2 aromatic heterocycles. The second-order valence-corrected chi connectivity index (χ2v) is 7.97. The standard InChI is InChI=1S/C17H17ClN6OS/c1-23(12-5-3-2-4-6-12)15-14-13(19-11-20-15)16(22-17(18)21-14)24-7-9-26(25)10-8-24/h2-6,11H,7-10H2,1H3. The number of anilines is 3. The second kappa shape index (κ2) is 7.13. The zero-order valence-corrected chi connectivity index (χ0v) is 15.7. The highest BCUT2D eigenvalue weighted by Gasteiger charge is 2.23. The predicted molar refractivity (Wildman–Crippen MR) is 105 cm³/mol. The molecule has 0 aliphatic carbocycles. The summed E-state index contributed by atoms with van der Waals surface area (Å²) in [7, 11) is 1.16. The summed E-state index contributed by atoms with van der Waals surface area (Å²) in [6.07, 6.45) is 1.51. The van der Waals surface area contributed by atoms with Gasteiger partial charge in [0.2, 0.25) is 5.28 Å². The Morgan fingerprint density at radius 3 is 2.54 bits per heavy atom. The van der Waals surface area contributed by atoms with Gasteiger partial charge in [-0.2, -0.15) is 4.98 Å². The molecule has 3 aromatic rings. The van der Waals surface area contributed by atoms with Gasteiger partial charge in [0.05, 0.1) is 0 Å². The molecule has 1 aliphatic rings. The topological polar surface area (TPSA) is 75.1 Å². The van der Waals surface area contributed by atoms with Crippen molar-refractivity contribution in [2.45, 2.75) is 0 Å². The number of hydrogen-bond donors (Lipinski definition) is 0. The number of aromatic nitrogens is 4. The van der Waals surface area contributed by atoms with Crippen molar-refractivity contribution < 1.29 is 4.21 Å². The number of halogens is 1. The van der Waals surface area contributed by atoms with Gasteiger partial charge in [-0.1, -0.05) is 18.2 Å². The van der Waals surface area contributed by atoms with E-state index in [9.17, 15) is 4.21 Å². The molecule has 0 amide bonds. The number of para-hydroxylation sites is 1. The summed E-state index contributed by atoms with van der Waals surface area (Å²) in [5.74, 6) is 2.56. The monoisotopic (exact) mass is 388 g/mol. The van der Waals surface area contributed by atoms with Crippen molar-refractivity contribution >= 4 is 50.8 Å². The van der Waals surface area contributed by atoms with Crippen LogP contribution in [0.3, 0.4) is 0 Å². The summed E-state index contributed by atoms with van der Waals surface area (Å²) in [5.41, 5.74) is 2.23. The lowest BCUT2D eigenvalue weighted by Gasteiger charge is -2.28. The summed E-state index contributed by atoms with van der Waals surface area (Å²) >= 11 is 6.21. The van der Waals surface area contributed by atoms with Crippen molar-refractivity contribution in [3.8, 4) is 0 Å². The largest absolute Gasteiger partial charge is 0.353 e. The van der Waals surface area contributed by atoms with Crippen molar-refractivity contribution in [2.24, 2.45) is 0 Å². The smallest absolute Gasteiger partial charge is 0.225 e. The molecule has 7 nitrogen and oxygen atoms in total.